The van der Waals surface area contributed by atoms with Crippen molar-refractivity contribution in [2.45, 2.75) is 44.6 Å². The van der Waals surface area contributed by atoms with Gasteiger partial charge in [0, 0.05) is 28.3 Å². The van der Waals surface area contributed by atoms with Gasteiger partial charge in [0.05, 0.1) is 12.0 Å². The Labute approximate surface area is 191 Å². The molecule has 0 spiro atoms. The van der Waals surface area contributed by atoms with Gasteiger partial charge < -0.3 is 13.7 Å². The molecule has 0 bridgehead atoms. The lowest BCUT2D eigenvalue weighted by molar-refractivity contribution is -0.143. The van der Waals surface area contributed by atoms with Gasteiger partial charge in [0.25, 0.3) is 0 Å². The van der Waals surface area contributed by atoms with E-state index in [0.29, 0.717) is 22.9 Å². The third-order valence-electron chi connectivity index (χ3n) is 5.35. The first-order chi connectivity index (χ1) is 15.6. The normalized spacial score (nSPS) is 13.3. The summed E-state index contributed by atoms with van der Waals surface area (Å²) in [5, 5.41) is 5.62. The van der Waals surface area contributed by atoms with Gasteiger partial charge >= 0.3 is 5.97 Å². The predicted molar refractivity (Wildman–Crippen MR) is 122 cm³/mol. The lowest BCUT2D eigenvalue weighted by atomic mass is 10.1. The van der Waals surface area contributed by atoms with E-state index in [0.717, 1.165) is 16.3 Å². The number of carbonyl (C=O) groups excluding carboxylic acids is 1. The molecule has 0 aliphatic heterocycles. The van der Waals surface area contributed by atoms with Crippen LogP contribution in [0.4, 0.5) is 0 Å². The number of carbonyl (C=O) groups is 1. The standard InChI is InChI=1S/C23H25N3O6S/c1-12(2)20(23(27)30-5)26-33(28,29)15-7-9-17-16-8-6-14(10-18(16)31-19(17)11-15)21-24-22(13(3)4)32-25-21/h6-13,20,26H,1-5H3. The number of ether oxygens (including phenoxy) is 1. The Morgan fingerprint density at radius 1 is 1.03 bits per heavy atom. The van der Waals surface area contributed by atoms with E-state index in [1.165, 1.54) is 19.2 Å². The zero-order valence-corrected chi connectivity index (χ0v) is 19.8. The van der Waals surface area contributed by atoms with Gasteiger partial charge in [0.15, 0.2) is 0 Å². The first-order valence-corrected chi connectivity index (χ1v) is 12.0. The minimum Gasteiger partial charge on any atom is -0.468 e. The van der Waals surface area contributed by atoms with E-state index in [-0.39, 0.29) is 16.7 Å². The van der Waals surface area contributed by atoms with Crippen LogP contribution in [0, 0.1) is 5.92 Å². The number of methoxy groups -OCH3 is 1. The Morgan fingerprint density at radius 2 is 1.70 bits per heavy atom. The molecular weight excluding hydrogens is 446 g/mol. The fourth-order valence-corrected chi connectivity index (χ4v) is 4.82. The molecule has 2 heterocycles. The lowest BCUT2D eigenvalue weighted by Gasteiger charge is -2.19. The Hall–Kier alpha value is -3.24. The number of benzene rings is 2. The second-order valence-electron chi connectivity index (χ2n) is 8.45. The van der Waals surface area contributed by atoms with E-state index in [1.807, 2.05) is 26.0 Å². The smallest absolute Gasteiger partial charge is 0.324 e. The summed E-state index contributed by atoms with van der Waals surface area (Å²) in [6.07, 6.45) is 0. The molecule has 0 amide bonds. The van der Waals surface area contributed by atoms with Crippen molar-refractivity contribution in [3.8, 4) is 11.4 Å². The maximum Gasteiger partial charge on any atom is 0.324 e. The maximum atomic E-state index is 12.9. The van der Waals surface area contributed by atoms with E-state index in [1.54, 1.807) is 26.0 Å². The van der Waals surface area contributed by atoms with Gasteiger partial charge in [-0.25, -0.2) is 8.42 Å². The second kappa shape index (κ2) is 8.60. The molecule has 0 aliphatic carbocycles. The Kier molecular flexibility index (Phi) is 5.98. The molecule has 0 saturated carbocycles. The Balaban J connectivity index is 1.71. The van der Waals surface area contributed by atoms with Crippen molar-refractivity contribution in [2.75, 3.05) is 7.11 Å². The first-order valence-electron chi connectivity index (χ1n) is 10.5. The van der Waals surface area contributed by atoms with Crippen molar-refractivity contribution in [1.29, 1.82) is 0 Å². The number of esters is 1. The quantitative estimate of drug-likeness (QED) is 0.397. The van der Waals surface area contributed by atoms with E-state index in [4.69, 9.17) is 13.7 Å². The molecule has 10 heteroatoms. The van der Waals surface area contributed by atoms with Crippen molar-refractivity contribution < 1.29 is 26.9 Å². The highest BCUT2D eigenvalue weighted by Gasteiger charge is 2.29. The molecule has 174 valence electrons. The van der Waals surface area contributed by atoms with Crippen molar-refractivity contribution in [2.24, 2.45) is 5.92 Å². The zero-order valence-electron chi connectivity index (χ0n) is 18.9. The fourth-order valence-electron chi connectivity index (χ4n) is 3.47. The highest BCUT2D eigenvalue weighted by Crippen LogP contribution is 2.33. The van der Waals surface area contributed by atoms with Crippen LogP contribution in [-0.2, 0) is 19.6 Å². The summed E-state index contributed by atoms with van der Waals surface area (Å²) in [5.74, 6) is 0.180. The first kappa shape index (κ1) is 22.9. The number of aromatic nitrogens is 2. The van der Waals surface area contributed by atoms with Gasteiger partial charge in [0.1, 0.15) is 17.2 Å². The maximum absolute atomic E-state index is 12.9. The van der Waals surface area contributed by atoms with Crippen molar-refractivity contribution in [3.05, 3.63) is 42.3 Å². The third-order valence-corrected chi connectivity index (χ3v) is 6.79. The van der Waals surface area contributed by atoms with Crippen molar-refractivity contribution in [1.82, 2.24) is 14.9 Å². The van der Waals surface area contributed by atoms with Crippen molar-refractivity contribution in [3.63, 3.8) is 0 Å². The number of nitrogens with zero attached hydrogens (tertiary/aromatic N) is 2. The Morgan fingerprint density at radius 3 is 2.30 bits per heavy atom. The highest BCUT2D eigenvalue weighted by molar-refractivity contribution is 7.89. The minimum absolute atomic E-state index is 0.0106. The summed E-state index contributed by atoms with van der Waals surface area (Å²) in [5.41, 5.74) is 1.69. The molecule has 4 aromatic rings. The van der Waals surface area contributed by atoms with Gasteiger partial charge in [-0.1, -0.05) is 38.9 Å². The molecule has 2 aromatic carbocycles. The van der Waals surface area contributed by atoms with Crippen LogP contribution in [-0.4, -0.2) is 37.7 Å². The van der Waals surface area contributed by atoms with Gasteiger partial charge in [-0.05, 0) is 30.2 Å². The van der Waals surface area contributed by atoms with Crippen LogP contribution in [0.25, 0.3) is 33.3 Å². The number of sulfonamides is 1. The van der Waals surface area contributed by atoms with Crippen LogP contribution in [0.5, 0.6) is 0 Å². The molecule has 1 unspecified atom stereocenters. The molecule has 0 fully saturated rings. The molecule has 9 nitrogen and oxygen atoms in total. The SMILES string of the molecule is COC(=O)C(NS(=O)(=O)c1ccc2c(c1)oc1cc(-c3noc(C(C)C)n3)ccc12)C(C)C. The number of hydrogen-bond acceptors (Lipinski definition) is 8. The zero-order chi connectivity index (χ0) is 23.9. The summed E-state index contributed by atoms with van der Waals surface area (Å²) in [4.78, 5) is 16.4. The van der Waals surface area contributed by atoms with Crippen LogP contribution in [0.15, 0.2) is 50.2 Å². The van der Waals surface area contributed by atoms with Gasteiger partial charge in [0.2, 0.25) is 21.7 Å². The number of furan rings is 1. The molecule has 2 aromatic heterocycles. The average molecular weight is 472 g/mol. The van der Waals surface area contributed by atoms with Gasteiger partial charge in [-0.3, -0.25) is 4.79 Å². The number of fused-ring (bicyclic) bond motifs is 3. The molecule has 33 heavy (non-hydrogen) atoms. The van der Waals surface area contributed by atoms with Gasteiger partial charge in [-0.15, -0.1) is 0 Å². The summed E-state index contributed by atoms with van der Waals surface area (Å²) in [6.45, 7) is 7.40. The number of rotatable bonds is 7. The van der Waals surface area contributed by atoms with Crippen LogP contribution in [0.2, 0.25) is 0 Å². The third kappa shape index (κ3) is 4.36. The molecule has 0 aliphatic rings. The second-order valence-corrected chi connectivity index (χ2v) is 10.2. The van der Waals surface area contributed by atoms with Crippen LogP contribution in [0.1, 0.15) is 39.5 Å². The summed E-state index contributed by atoms with van der Waals surface area (Å²) in [6, 6.07) is 9.14. The van der Waals surface area contributed by atoms with Gasteiger partial charge in [-0.2, -0.15) is 9.71 Å². The number of nitrogens with one attached hydrogen (secondary N) is 1. The summed E-state index contributed by atoms with van der Waals surface area (Å²) >= 11 is 0. The topological polar surface area (TPSA) is 125 Å². The summed E-state index contributed by atoms with van der Waals surface area (Å²) in [7, 11) is -2.77. The molecule has 0 radical (unpaired) electrons. The molecular formula is C23H25N3O6S. The Bertz CT molecular complexity index is 1440. The van der Waals surface area contributed by atoms with E-state index in [9.17, 15) is 13.2 Å². The molecule has 0 saturated heterocycles. The lowest BCUT2D eigenvalue weighted by Crippen LogP contribution is -2.44. The van der Waals surface area contributed by atoms with E-state index in [2.05, 4.69) is 14.9 Å². The van der Waals surface area contributed by atoms with Crippen LogP contribution >= 0.6 is 0 Å². The van der Waals surface area contributed by atoms with Crippen LogP contribution in [0.3, 0.4) is 0 Å². The van der Waals surface area contributed by atoms with E-state index >= 15 is 0 Å². The largest absolute Gasteiger partial charge is 0.468 e. The highest BCUT2D eigenvalue weighted by atomic mass is 32.2. The fraction of sp³-hybridized carbons (Fsp3) is 0.348. The average Bonchev–Trinajstić information content (AvgIpc) is 3.41. The number of hydrogen-bond donors (Lipinski definition) is 1. The molecule has 4 rings (SSSR count). The van der Waals surface area contributed by atoms with Crippen molar-refractivity contribution >= 4 is 37.9 Å². The minimum atomic E-state index is -3.99. The summed E-state index contributed by atoms with van der Waals surface area (Å²) < 4.78 is 44.3. The van der Waals surface area contributed by atoms with E-state index < -0.39 is 22.0 Å². The molecule has 1 atom stereocenters. The predicted octanol–water partition coefficient (Wildman–Crippen LogP) is 4.24. The molecule has 1 N–H and O–H groups in total. The monoisotopic (exact) mass is 471 g/mol. The van der Waals surface area contributed by atoms with Crippen LogP contribution < -0.4 is 4.72 Å².